The summed E-state index contributed by atoms with van der Waals surface area (Å²) in [4.78, 5) is 67.3. The van der Waals surface area contributed by atoms with E-state index in [9.17, 15) is 4.79 Å². The number of ether oxygens (including phenoxy) is 2. The summed E-state index contributed by atoms with van der Waals surface area (Å²) in [6.45, 7) is 1.27. The van der Waals surface area contributed by atoms with Crippen molar-refractivity contribution in [1.29, 1.82) is 0 Å². The highest BCUT2D eigenvalue weighted by Gasteiger charge is 2.60. The molecule has 0 radical (unpaired) electrons. The minimum absolute atomic E-state index is 0.00524. The molecule has 5 aromatic rings. The SMILES string of the molecule is CC(c1ccccc1)N(C)C(=O)[C@@](CCCN=C(N)N)(C(=O)OCc1ccccc1)N(C(=O)OCc1ccccc1)C(=O)C(c1ccccc1)c1ccccc1. The summed E-state index contributed by atoms with van der Waals surface area (Å²) in [6, 6.07) is 44.1. The van der Waals surface area contributed by atoms with E-state index in [4.69, 9.17) is 20.9 Å². The second kappa shape index (κ2) is 19.5. The van der Waals surface area contributed by atoms with Crippen molar-refractivity contribution in [1.82, 2.24) is 9.80 Å². The quantitative estimate of drug-likeness (QED) is 0.0369. The van der Waals surface area contributed by atoms with Crippen molar-refractivity contribution in [3.05, 3.63) is 179 Å². The fourth-order valence-electron chi connectivity index (χ4n) is 6.52. The van der Waals surface area contributed by atoms with Crippen molar-refractivity contribution in [2.75, 3.05) is 13.6 Å². The zero-order chi connectivity index (χ0) is 39.9. The fraction of sp³-hybridized carbons (Fsp3) is 0.222. The predicted molar refractivity (Wildman–Crippen MR) is 215 cm³/mol. The van der Waals surface area contributed by atoms with Gasteiger partial charge in [0.15, 0.2) is 5.96 Å². The Morgan fingerprint density at radius 3 is 1.54 bits per heavy atom. The van der Waals surface area contributed by atoms with E-state index in [1.165, 1.54) is 11.9 Å². The molecule has 2 atom stereocenters. The topological polar surface area (TPSA) is 158 Å². The molecule has 0 saturated heterocycles. The van der Waals surface area contributed by atoms with Crippen molar-refractivity contribution in [2.24, 2.45) is 16.5 Å². The highest BCUT2D eigenvalue weighted by atomic mass is 16.6. The van der Waals surface area contributed by atoms with Gasteiger partial charge in [-0.05, 0) is 47.6 Å². The normalized spacial score (nSPS) is 12.4. The van der Waals surface area contributed by atoms with Crippen LogP contribution in [0.15, 0.2) is 157 Å². The fourth-order valence-corrected chi connectivity index (χ4v) is 6.52. The molecule has 0 fully saturated rings. The van der Waals surface area contributed by atoms with E-state index < -0.39 is 47.8 Å². The molecule has 0 heterocycles. The molecule has 0 saturated carbocycles. The van der Waals surface area contributed by atoms with Gasteiger partial charge in [0.25, 0.3) is 5.91 Å². The Balaban J connectivity index is 1.74. The summed E-state index contributed by atoms with van der Waals surface area (Å²) in [5.41, 5.74) is 11.8. The highest BCUT2D eigenvalue weighted by molar-refractivity contribution is 6.15. The maximum Gasteiger partial charge on any atom is 0.418 e. The summed E-state index contributed by atoms with van der Waals surface area (Å²) in [5, 5.41) is 0. The van der Waals surface area contributed by atoms with E-state index in [1.807, 2.05) is 42.5 Å². The van der Waals surface area contributed by atoms with E-state index in [0.29, 0.717) is 27.2 Å². The lowest BCUT2D eigenvalue weighted by molar-refractivity contribution is -0.174. The van der Waals surface area contributed by atoms with Gasteiger partial charge in [0.05, 0.1) is 12.0 Å². The van der Waals surface area contributed by atoms with Crippen molar-refractivity contribution >= 4 is 29.8 Å². The first kappa shape index (κ1) is 40.4. The van der Waals surface area contributed by atoms with Crippen LogP contribution in [-0.2, 0) is 37.1 Å². The van der Waals surface area contributed by atoms with Crippen molar-refractivity contribution in [3.63, 3.8) is 0 Å². The lowest BCUT2D eigenvalue weighted by atomic mass is 9.84. The molecule has 0 bridgehead atoms. The number of nitrogens with two attached hydrogens (primary N) is 2. The molecule has 11 heteroatoms. The number of nitrogens with zero attached hydrogens (tertiary/aromatic N) is 3. The second-order valence-electron chi connectivity index (χ2n) is 13.3. The van der Waals surface area contributed by atoms with Crippen molar-refractivity contribution in [2.45, 2.75) is 50.5 Å². The average Bonchev–Trinajstić information content (AvgIpc) is 3.24. The maximum atomic E-state index is 15.6. The molecule has 56 heavy (non-hydrogen) atoms. The molecule has 0 spiro atoms. The largest absolute Gasteiger partial charge is 0.459 e. The molecule has 0 aliphatic heterocycles. The van der Waals surface area contributed by atoms with Gasteiger partial charge in [-0.25, -0.2) is 14.5 Å². The van der Waals surface area contributed by atoms with Crippen LogP contribution >= 0.6 is 0 Å². The molecule has 5 rings (SSSR count). The molecule has 1 unspecified atom stereocenters. The summed E-state index contributed by atoms with van der Waals surface area (Å²) < 4.78 is 11.9. The van der Waals surface area contributed by atoms with Crippen LogP contribution in [0.1, 0.15) is 59.5 Å². The number of rotatable bonds is 16. The van der Waals surface area contributed by atoms with Gasteiger partial charge in [-0.2, -0.15) is 0 Å². The van der Waals surface area contributed by atoms with Crippen LogP contribution in [0.4, 0.5) is 4.79 Å². The highest BCUT2D eigenvalue weighted by Crippen LogP contribution is 2.36. The van der Waals surface area contributed by atoms with Gasteiger partial charge in [-0.15, -0.1) is 0 Å². The Morgan fingerprint density at radius 2 is 1.07 bits per heavy atom. The standard InChI is InChI=1S/C45H47N5O6/c1-33(36-23-12-5-13-24-36)49(2)41(52)45(29-18-30-48-43(46)47,42(53)55-31-34-19-8-3-9-20-34)50(44(54)56-32-35-21-10-4-11-22-35)40(51)39(37-25-14-6-15-26-37)38-27-16-7-17-28-38/h3-17,19-28,33,39H,18,29-32H2,1-2H3,(H4,46,47,48)/t33?,45-/m0/s1. The average molecular weight is 754 g/mol. The van der Waals surface area contributed by atoms with Gasteiger partial charge in [-0.3, -0.25) is 14.6 Å². The molecule has 288 valence electrons. The van der Waals surface area contributed by atoms with Crippen LogP contribution in [0.5, 0.6) is 0 Å². The molecule has 0 aromatic heterocycles. The van der Waals surface area contributed by atoms with Gasteiger partial charge in [0, 0.05) is 13.6 Å². The summed E-state index contributed by atoms with van der Waals surface area (Å²) in [6.07, 6.45) is -1.61. The molecule has 0 aliphatic carbocycles. The van der Waals surface area contributed by atoms with E-state index in [0.717, 1.165) is 5.56 Å². The zero-order valence-corrected chi connectivity index (χ0v) is 31.6. The van der Waals surface area contributed by atoms with E-state index in [1.54, 1.807) is 116 Å². The molecule has 4 N–H and O–H groups in total. The van der Waals surface area contributed by atoms with Gasteiger partial charge in [-0.1, -0.05) is 152 Å². The number of carbonyl (C=O) groups excluding carboxylic acids is 4. The van der Waals surface area contributed by atoms with Crippen molar-refractivity contribution in [3.8, 4) is 0 Å². The predicted octanol–water partition coefficient (Wildman–Crippen LogP) is 6.74. The third-order valence-electron chi connectivity index (χ3n) is 9.58. The molecule has 3 amide bonds. The Hall–Kier alpha value is -6.75. The minimum atomic E-state index is -2.60. The Morgan fingerprint density at radius 1 is 0.643 bits per heavy atom. The van der Waals surface area contributed by atoms with E-state index in [-0.39, 0.29) is 32.1 Å². The van der Waals surface area contributed by atoms with Crippen LogP contribution < -0.4 is 11.5 Å². The minimum Gasteiger partial charge on any atom is -0.459 e. The number of carbonyl (C=O) groups is 4. The Labute approximate surface area is 327 Å². The number of hydrogen-bond acceptors (Lipinski definition) is 7. The second-order valence-corrected chi connectivity index (χ2v) is 13.3. The third-order valence-corrected chi connectivity index (χ3v) is 9.58. The number of guanidine groups is 1. The van der Waals surface area contributed by atoms with Crippen LogP contribution in [0.25, 0.3) is 0 Å². The number of likely N-dealkylation sites (N-methyl/N-ethyl adjacent to an activating group) is 1. The number of hydrogen-bond donors (Lipinski definition) is 2. The monoisotopic (exact) mass is 753 g/mol. The van der Waals surface area contributed by atoms with E-state index in [2.05, 4.69) is 4.99 Å². The number of aliphatic imine (C=N–C) groups is 1. The number of imide groups is 1. The van der Waals surface area contributed by atoms with Crippen LogP contribution in [0.3, 0.4) is 0 Å². The first-order chi connectivity index (χ1) is 27.1. The molecular weight excluding hydrogens is 707 g/mol. The summed E-state index contributed by atoms with van der Waals surface area (Å²) >= 11 is 0. The molecule has 11 nitrogen and oxygen atoms in total. The lowest BCUT2D eigenvalue weighted by Crippen LogP contribution is -2.68. The van der Waals surface area contributed by atoms with Gasteiger partial charge in [0.2, 0.25) is 11.4 Å². The first-order valence-electron chi connectivity index (χ1n) is 18.4. The summed E-state index contributed by atoms with van der Waals surface area (Å²) in [7, 11) is 1.53. The number of esters is 1. The van der Waals surface area contributed by atoms with Crippen LogP contribution in [-0.4, -0.2) is 58.8 Å². The Bertz CT molecular complexity index is 2020. The molecular formula is C45H47N5O6. The Kier molecular flexibility index (Phi) is 14.1. The van der Waals surface area contributed by atoms with Gasteiger partial charge in [0.1, 0.15) is 13.2 Å². The van der Waals surface area contributed by atoms with Crippen molar-refractivity contribution < 1.29 is 28.7 Å². The van der Waals surface area contributed by atoms with Crippen LogP contribution in [0.2, 0.25) is 0 Å². The van der Waals surface area contributed by atoms with Gasteiger partial charge >= 0.3 is 12.1 Å². The summed E-state index contributed by atoms with van der Waals surface area (Å²) in [5.74, 6) is -4.19. The van der Waals surface area contributed by atoms with E-state index >= 15 is 14.4 Å². The molecule has 0 aliphatic rings. The van der Waals surface area contributed by atoms with Gasteiger partial charge < -0.3 is 25.8 Å². The zero-order valence-electron chi connectivity index (χ0n) is 31.6. The number of benzene rings is 5. The molecule has 5 aromatic carbocycles. The number of amides is 3. The third kappa shape index (κ3) is 9.86. The lowest BCUT2D eigenvalue weighted by Gasteiger charge is -2.43. The maximum absolute atomic E-state index is 15.6. The first-order valence-corrected chi connectivity index (χ1v) is 18.4. The smallest absolute Gasteiger partial charge is 0.418 e. The van der Waals surface area contributed by atoms with Crippen LogP contribution in [0, 0.1) is 0 Å².